The molecule has 0 bridgehead atoms. The second-order valence-corrected chi connectivity index (χ2v) is 7.84. The van der Waals surface area contributed by atoms with Gasteiger partial charge < -0.3 is 18.6 Å². The van der Waals surface area contributed by atoms with Crippen LogP contribution in [0, 0.1) is 27.7 Å². The van der Waals surface area contributed by atoms with Crippen LogP contribution < -0.4 is 0 Å². The lowest BCUT2D eigenvalue weighted by atomic mass is 10.1. The Morgan fingerprint density at radius 3 is 2.32 bits per heavy atom. The second kappa shape index (κ2) is 7.95. The summed E-state index contributed by atoms with van der Waals surface area (Å²) < 4.78 is 14.9. The highest BCUT2D eigenvalue weighted by atomic mass is 16.5. The van der Waals surface area contributed by atoms with E-state index in [2.05, 4.69) is 9.13 Å². The van der Waals surface area contributed by atoms with Crippen LogP contribution in [-0.2, 0) is 9.47 Å². The average molecular weight is 386 g/mol. The molecule has 2 aromatic heterocycles. The summed E-state index contributed by atoms with van der Waals surface area (Å²) in [4.78, 5) is 25.2. The summed E-state index contributed by atoms with van der Waals surface area (Å²) in [6.07, 6.45) is 2.31. The number of hydrogen-bond donors (Lipinski definition) is 0. The van der Waals surface area contributed by atoms with Crippen LogP contribution >= 0.6 is 0 Å². The fraction of sp³-hybridized carbons (Fsp3) is 0.545. The van der Waals surface area contributed by atoms with Gasteiger partial charge >= 0.3 is 5.97 Å². The summed E-state index contributed by atoms with van der Waals surface area (Å²) in [6, 6.07) is 4.35. The summed E-state index contributed by atoms with van der Waals surface area (Å²) in [5.74, 6) is -0.622. The Morgan fingerprint density at radius 1 is 1.07 bits per heavy atom. The molecule has 152 valence electrons. The topological polar surface area (TPSA) is 62.5 Å². The van der Waals surface area contributed by atoms with Gasteiger partial charge in [0, 0.05) is 41.5 Å². The molecule has 0 N–H and O–H groups in total. The number of nitrogens with zero attached hydrogens (tertiary/aromatic N) is 2. The van der Waals surface area contributed by atoms with Crippen molar-refractivity contribution in [1.29, 1.82) is 0 Å². The van der Waals surface area contributed by atoms with E-state index in [1.807, 2.05) is 46.8 Å². The molecule has 0 spiro atoms. The zero-order valence-corrected chi connectivity index (χ0v) is 17.7. The number of aromatic nitrogens is 2. The number of ketones is 1. The molecular weight excluding hydrogens is 356 g/mol. The molecule has 0 radical (unpaired) electrons. The fourth-order valence-electron chi connectivity index (χ4n) is 4.22. The SMILES string of the molecule is COC[C@H](C)n1c(C)cc(C(=O)COC(=O)c2cc(C)n(C3CC3)c2C)c1C. The largest absolute Gasteiger partial charge is 0.454 e. The number of carbonyl (C=O) groups excluding carboxylic acids is 2. The van der Waals surface area contributed by atoms with Gasteiger partial charge in [-0.15, -0.1) is 0 Å². The van der Waals surface area contributed by atoms with Crippen LogP contribution in [0.2, 0.25) is 0 Å². The Balaban J connectivity index is 1.70. The zero-order chi connectivity index (χ0) is 20.6. The number of rotatable bonds is 8. The van der Waals surface area contributed by atoms with E-state index in [4.69, 9.17) is 9.47 Å². The Bertz CT molecular complexity index is 902. The summed E-state index contributed by atoms with van der Waals surface area (Å²) >= 11 is 0. The lowest BCUT2D eigenvalue weighted by Gasteiger charge is -2.17. The third-order valence-electron chi connectivity index (χ3n) is 5.58. The summed E-state index contributed by atoms with van der Waals surface area (Å²) in [5.41, 5.74) is 4.99. The molecule has 6 nitrogen and oxygen atoms in total. The molecule has 1 aliphatic rings. The smallest absolute Gasteiger partial charge is 0.340 e. The van der Waals surface area contributed by atoms with Crippen LogP contribution in [0.15, 0.2) is 12.1 Å². The third kappa shape index (κ3) is 3.78. The van der Waals surface area contributed by atoms with Gasteiger partial charge in [-0.1, -0.05) is 0 Å². The van der Waals surface area contributed by atoms with Gasteiger partial charge in [0.1, 0.15) is 0 Å². The number of carbonyl (C=O) groups is 2. The quantitative estimate of drug-likeness (QED) is 0.506. The normalized spacial score (nSPS) is 14.9. The van der Waals surface area contributed by atoms with Crippen LogP contribution in [0.5, 0.6) is 0 Å². The molecule has 3 rings (SSSR count). The molecule has 1 atom stereocenters. The second-order valence-electron chi connectivity index (χ2n) is 7.84. The van der Waals surface area contributed by atoms with E-state index in [0.29, 0.717) is 23.8 Å². The molecule has 2 aromatic rings. The molecule has 1 aliphatic carbocycles. The van der Waals surface area contributed by atoms with Crippen molar-refractivity contribution < 1.29 is 19.1 Å². The lowest BCUT2D eigenvalue weighted by molar-refractivity contribution is 0.0473. The highest BCUT2D eigenvalue weighted by molar-refractivity contribution is 6.00. The molecule has 28 heavy (non-hydrogen) atoms. The maximum absolute atomic E-state index is 12.7. The van der Waals surface area contributed by atoms with E-state index in [0.717, 1.165) is 35.6 Å². The minimum absolute atomic E-state index is 0.127. The molecule has 0 unspecified atom stereocenters. The predicted molar refractivity (Wildman–Crippen MR) is 107 cm³/mol. The van der Waals surface area contributed by atoms with E-state index in [1.165, 1.54) is 0 Å². The Morgan fingerprint density at radius 2 is 1.71 bits per heavy atom. The third-order valence-corrected chi connectivity index (χ3v) is 5.58. The molecule has 2 heterocycles. The molecule has 0 aliphatic heterocycles. The van der Waals surface area contributed by atoms with Crippen LogP contribution in [0.3, 0.4) is 0 Å². The van der Waals surface area contributed by atoms with Crippen molar-refractivity contribution in [3.63, 3.8) is 0 Å². The number of aryl methyl sites for hydroxylation is 2. The minimum atomic E-state index is -0.435. The van der Waals surface area contributed by atoms with Crippen molar-refractivity contribution >= 4 is 11.8 Å². The van der Waals surface area contributed by atoms with Gasteiger partial charge in [-0.05, 0) is 59.6 Å². The Labute approximate surface area is 166 Å². The van der Waals surface area contributed by atoms with E-state index in [9.17, 15) is 9.59 Å². The number of hydrogen-bond acceptors (Lipinski definition) is 4. The van der Waals surface area contributed by atoms with Crippen molar-refractivity contribution in [3.05, 3.63) is 46.0 Å². The summed E-state index contributed by atoms with van der Waals surface area (Å²) in [6.45, 7) is 10.2. The van der Waals surface area contributed by atoms with Crippen molar-refractivity contribution in [2.45, 2.75) is 59.5 Å². The van der Waals surface area contributed by atoms with Crippen LogP contribution in [0.4, 0.5) is 0 Å². The van der Waals surface area contributed by atoms with Crippen molar-refractivity contribution in [1.82, 2.24) is 9.13 Å². The van der Waals surface area contributed by atoms with E-state index in [1.54, 1.807) is 7.11 Å². The first kappa shape index (κ1) is 20.4. The van der Waals surface area contributed by atoms with E-state index < -0.39 is 5.97 Å². The molecule has 1 fully saturated rings. The number of Topliss-reactive ketones (excluding diaryl/α,β-unsaturated/α-hetero) is 1. The first-order valence-electron chi connectivity index (χ1n) is 9.82. The predicted octanol–water partition coefficient (Wildman–Crippen LogP) is 4.11. The van der Waals surface area contributed by atoms with Gasteiger partial charge in [-0.25, -0.2) is 4.79 Å². The van der Waals surface area contributed by atoms with Crippen LogP contribution in [-0.4, -0.2) is 41.2 Å². The van der Waals surface area contributed by atoms with Gasteiger partial charge in [0.05, 0.1) is 18.2 Å². The van der Waals surface area contributed by atoms with Gasteiger partial charge in [-0.3, -0.25) is 4.79 Å². The molecule has 0 saturated heterocycles. The van der Waals surface area contributed by atoms with E-state index in [-0.39, 0.29) is 18.4 Å². The Hall–Kier alpha value is -2.34. The van der Waals surface area contributed by atoms with Gasteiger partial charge in [0.2, 0.25) is 5.78 Å². The maximum Gasteiger partial charge on any atom is 0.340 e. The maximum atomic E-state index is 12.7. The number of esters is 1. The first-order chi connectivity index (χ1) is 13.3. The molecule has 1 saturated carbocycles. The monoisotopic (exact) mass is 386 g/mol. The van der Waals surface area contributed by atoms with Crippen molar-refractivity contribution in [2.24, 2.45) is 0 Å². The Kier molecular flexibility index (Phi) is 5.79. The van der Waals surface area contributed by atoms with Crippen molar-refractivity contribution in [3.8, 4) is 0 Å². The summed E-state index contributed by atoms with van der Waals surface area (Å²) in [5, 5.41) is 0. The van der Waals surface area contributed by atoms with Crippen LogP contribution in [0.25, 0.3) is 0 Å². The summed E-state index contributed by atoms with van der Waals surface area (Å²) in [7, 11) is 1.66. The van der Waals surface area contributed by atoms with Gasteiger partial charge in [0.25, 0.3) is 0 Å². The minimum Gasteiger partial charge on any atom is -0.454 e. The lowest BCUT2D eigenvalue weighted by Crippen LogP contribution is -2.17. The standard InChI is InChI=1S/C22H30N2O4/c1-13-9-19(16(4)23(13)15(3)11-27-6)21(25)12-28-22(26)20-10-14(2)24(17(20)5)18-7-8-18/h9-10,15,18H,7-8,11-12H2,1-6H3/t15-/m0/s1. The number of methoxy groups -OCH3 is 1. The molecule has 0 amide bonds. The highest BCUT2D eigenvalue weighted by Crippen LogP contribution is 2.38. The van der Waals surface area contributed by atoms with Gasteiger partial charge in [-0.2, -0.15) is 0 Å². The zero-order valence-electron chi connectivity index (χ0n) is 17.7. The first-order valence-corrected chi connectivity index (χ1v) is 9.82. The fourth-order valence-corrected chi connectivity index (χ4v) is 4.22. The average Bonchev–Trinajstić information content (AvgIpc) is 3.35. The molecule has 0 aromatic carbocycles. The van der Waals surface area contributed by atoms with E-state index >= 15 is 0 Å². The number of ether oxygens (including phenoxy) is 2. The molecule has 6 heteroatoms. The van der Waals surface area contributed by atoms with Gasteiger partial charge in [0.15, 0.2) is 6.61 Å². The molecular formula is C22H30N2O4. The highest BCUT2D eigenvalue weighted by Gasteiger charge is 2.29. The van der Waals surface area contributed by atoms with Crippen LogP contribution in [0.1, 0.15) is 75.3 Å². The van der Waals surface area contributed by atoms with Crippen molar-refractivity contribution in [2.75, 3.05) is 20.3 Å².